The number of nitrogens with one attached hydrogen (secondary N) is 1. The smallest absolute Gasteiger partial charge is 0.272 e. The van der Waals surface area contributed by atoms with Gasteiger partial charge >= 0.3 is 0 Å². The molecule has 1 amide bonds. The van der Waals surface area contributed by atoms with Crippen LogP contribution in [0.3, 0.4) is 0 Å². The zero-order valence-electron chi connectivity index (χ0n) is 16.3. The number of hydrogen-bond donors (Lipinski definition) is 2. The molecule has 29 heavy (non-hydrogen) atoms. The molecule has 1 aliphatic heterocycles. The summed E-state index contributed by atoms with van der Waals surface area (Å²) in [6.45, 7) is 3.25. The highest BCUT2D eigenvalue weighted by Gasteiger charge is 2.29. The average molecular weight is 413 g/mol. The maximum absolute atomic E-state index is 13.1. The molecule has 2 aliphatic rings. The Hall–Kier alpha value is -2.52. The van der Waals surface area contributed by atoms with E-state index in [2.05, 4.69) is 22.3 Å². The summed E-state index contributed by atoms with van der Waals surface area (Å²) >= 11 is 1.57. The van der Waals surface area contributed by atoms with Crippen molar-refractivity contribution in [3.63, 3.8) is 0 Å². The molecule has 2 N–H and O–H groups in total. The van der Waals surface area contributed by atoms with Crippen LogP contribution in [0.4, 0.5) is 5.82 Å². The van der Waals surface area contributed by atoms with Crippen LogP contribution in [-0.2, 0) is 0 Å². The Bertz CT molecular complexity index is 1030. The van der Waals surface area contributed by atoms with Crippen molar-refractivity contribution in [2.75, 3.05) is 18.4 Å². The van der Waals surface area contributed by atoms with E-state index < -0.39 is 0 Å². The van der Waals surface area contributed by atoms with Gasteiger partial charge in [0.2, 0.25) is 0 Å². The number of amides is 1. The maximum Gasteiger partial charge on any atom is 0.272 e. The summed E-state index contributed by atoms with van der Waals surface area (Å²) in [6.07, 6.45) is 6.99. The molecule has 5 rings (SSSR count). The molecule has 0 aromatic carbocycles. The lowest BCUT2D eigenvalue weighted by molar-refractivity contribution is 0.0541. The molecule has 1 aliphatic carbocycles. The predicted molar refractivity (Wildman–Crippen MR) is 111 cm³/mol. The third-order valence-corrected chi connectivity index (χ3v) is 6.66. The molecule has 0 unspecified atom stereocenters. The van der Waals surface area contributed by atoms with Crippen LogP contribution in [0, 0.1) is 5.92 Å². The van der Waals surface area contributed by atoms with Crippen LogP contribution in [0.15, 0.2) is 23.8 Å². The summed E-state index contributed by atoms with van der Waals surface area (Å²) in [5.41, 5.74) is 1.21. The molecule has 0 radical (unpaired) electrons. The van der Waals surface area contributed by atoms with Gasteiger partial charge in [0.05, 0.1) is 17.9 Å². The second-order valence-corrected chi connectivity index (χ2v) is 8.86. The number of carbonyl (C=O) groups excluding carboxylic acids is 1. The molecule has 8 nitrogen and oxygen atoms in total. The van der Waals surface area contributed by atoms with Gasteiger partial charge < -0.3 is 15.3 Å². The molecule has 4 heterocycles. The normalized spacial score (nSPS) is 18.9. The molecular weight excluding hydrogens is 388 g/mol. The first-order valence-electron chi connectivity index (χ1n) is 10.1. The van der Waals surface area contributed by atoms with E-state index >= 15 is 0 Å². The summed E-state index contributed by atoms with van der Waals surface area (Å²) in [7, 11) is 0. The number of carbonyl (C=O) groups is 1. The summed E-state index contributed by atoms with van der Waals surface area (Å²) in [6, 6.07) is 2.06. The zero-order chi connectivity index (χ0) is 20.0. The van der Waals surface area contributed by atoms with Crippen molar-refractivity contribution in [1.82, 2.24) is 24.5 Å². The summed E-state index contributed by atoms with van der Waals surface area (Å²) in [5.74, 6) is 1.73. The second-order valence-electron chi connectivity index (χ2n) is 7.97. The van der Waals surface area contributed by atoms with Crippen LogP contribution in [0.1, 0.15) is 43.1 Å². The first-order chi connectivity index (χ1) is 14.1. The van der Waals surface area contributed by atoms with Crippen LogP contribution < -0.4 is 5.32 Å². The van der Waals surface area contributed by atoms with Crippen molar-refractivity contribution in [2.45, 2.75) is 44.8 Å². The minimum absolute atomic E-state index is 0.114. The number of rotatable bonds is 5. The lowest BCUT2D eigenvalue weighted by atomic mass is 10.1. The first kappa shape index (κ1) is 18.5. The fourth-order valence-corrected chi connectivity index (χ4v) is 4.60. The topological polar surface area (TPSA) is 95.7 Å². The van der Waals surface area contributed by atoms with Crippen molar-refractivity contribution >= 4 is 27.9 Å². The van der Waals surface area contributed by atoms with E-state index in [4.69, 9.17) is 4.98 Å². The predicted octanol–water partition coefficient (Wildman–Crippen LogP) is 2.66. The molecular formula is C20H24N6O2S. The Balaban J connectivity index is 1.51. The molecule has 1 saturated carbocycles. The Kier molecular flexibility index (Phi) is 4.71. The minimum Gasteiger partial charge on any atom is -0.393 e. The van der Waals surface area contributed by atoms with Crippen LogP contribution in [0.5, 0.6) is 0 Å². The fraction of sp³-hybridized carbons (Fsp3) is 0.500. The van der Waals surface area contributed by atoms with Gasteiger partial charge in [0.1, 0.15) is 16.3 Å². The van der Waals surface area contributed by atoms with Crippen LogP contribution in [0.25, 0.3) is 16.2 Å². The van der Waals surface area contributed by atoms with E-state index in [1.54, 1.807) is 33.0 Å². The highest BCUT2D eigenvalue weighted by molar-refractivity contribution is 7.16. The fourth-order valence-electron chi connectivity index (χ4n) is 3.81. The first-order valence-corrected chi connectivity index (χ1v) is 11.0. The standard InChI is InChI=1S/C20H24N6O2S/c1-12(13-2-3-13)22-17-10-16(19(28)25-6-4-14(27)5-7-25)23-18(24-17)15-11-21-26-8-9-29-20(15)26/h8-14,27H,2-7H2,1H3,(H,22,23,24)/t12-/m0/s1. The van der Waals surface area contributed by atoms with E-state index in [1.807, 2.05) is 11.6 Å². The van der Waals surface area contributed by atoms with E-state index in [0.29, 0.717) is 55.2 Å². The Morgan fingerprint density at radius 1 is 1.28 bits per heavy atom. The number of nitrogens with zero attached hydrogens (tertiary/aromatic N) is 5. The van der Waals surface area contributed by atoms with Gasteiger partial charge in [-0.05, 0) is 38.5 Å². The summed E-state index contributed by atoms with van der Waals surface area (Å²) in [5, 5.41) is 19.5. The Morgan fingerprint density at radius 2 is 2.07 bits per heavy atom. The molecule has 0 spiro atoms. The summed E-state index contributed by atoms with van der Waals surface area (Å²) < 4.78 is 1.80. The SMILES string of the molecule is C[C@H](Nc1cc(C(=O)N2CCC(O)CC2)nc(-c2cnn3ccsc23)n1)C1CC1. The van der Waals surface area contributed by atoms with Crippen LogP contribution >= 0.6 is 11.3 Å². The third kappa shape index (κ3) is 3.72. The quantitative estimate of drug-likeness (QED) is 0.669. The number of thiazole rings is 1. The number of anilines is 1. The maximum atomic E-state index is 13.1. The molecule has 1 saturated heterocycles. The van der Waals surface area contributed by atoms with Gasteiger partial charge in [-0.2, -0.15) is 5.10 Å². The number of aliphatic hydroxyl groups is 1. The Morgan fingerprint density at radius 3 is 2.83 bits per heavy atom. The minimum atomic E-state index is -0.323. The number of hydrogen-bond acceptors (Lipinski definition) is 7. The number of fused-ring (bicyclic) bond motifs is 1. The molecule has 2 fully saturated rings. The third-order valence-electron chi connectivity index (χ3n) is 5.77. The highest BCUT2D eigenvalue weighted by Crippen LogP contribution is 2.34. The lowest BCUT2D eigenvalue weighted by Crippen LogP contribution is -2.40. The van der Waals surface area contributed by atoms with Gasteiger partial charge in [-0.25, -0.2) is 14.5 Å². The van der Waals surface area contributed by atoms with Gasteiger partial charge in [-0.15, -0.1) is 11.3 Å². The zero-order valence-corrected chi connectivity index (χ0v) is 17.1. The van der Waals surface area contributed by atoms with E-state index in [9.17, 15) is 9.90 Å². The summed E-state index contributed by atoms with van der Waals surface area (Å²) in [4.78, 5) is 25.2. The number of aliphatic hydroxyl groups excluding tert-OH is 1. The number of piperidine rings is 1. The van der Waals surface area contributed by atoms with Gasteiger partial charge in [0.15, 0.2) is 5.82 Å². The van der Waals surface area contributed by atoms with E-state index in [1.165, 1.54) is 12.8 Å². The number of aromatic nitrogens is 4. The molecule has 3 aromatic rings. The molecule has 0 bridgehead atoms. The van der Waals surface area contributed by atoms with Crippen molar-refractivity contribution in [3.8, 4) is 11.4 Å². The molecule has 9 heteroatoms. The van der Waals surface area contributed by atoms with Crippen LogP contribution in [-0.4, -0.2) is 60.7 Å². The largest absolute Gasteiger partial charge is 0.393 e. The van der Waals surface area contributed by atoms with E-state index in [-0.39, 0.29) is 12.0 Å². The van der Waals surface area contributed by atoms with Crippen molar-refractivity contribution in [3.05, 3.63) is 29.5 Å². The lowest BCUT2D eigenvalue weighted by Gasteiger charge is -2.29. The van der Waals surface area contributed by atoms with Gasteiger partial charge in [-0.1, -0.05) is 0 Å². The number of likely N-dealkylation sites (tertiary alicyclic amines) is 1. The van der Waals surface area contributed by atoms with Gasteiger partial charge in [0, 0.05) is 36.8 Å². The molecule has 3 aromatic heterocycles. The highest BCUT2D eigenvalue weighted by atomic mass is 32.1. The van der Waals surface area contributed by atoms with Crippen molar-refractivity contribution in [1.29, 1.82) is 0 Å². The van der Waals surface area contributed by atoms with Gasteiger partial charge in [0.25, 0.3) is 5.91 Å². The van der Waals surface area contributed by atoms with Gasteiger partial charge in [-0.3, -0.25) is 4.79 Å². The monoisotopic (exact) mass is 412 g/mol. The average Bonchev–Trinajstić information content (AvgIpc) is 3.34. The van der Waals surface area contributed by atoms with Crippen molar-refractivity contribution in [2.24, 2.45) is 5.92 Å². The van der Waals surface area contributed by atoms with E-state index in [0.717, 1.165) is 10.4 Å². The van der Waals surface area contributed by atoms with Crippen LogP contribution in [0.2, 0.25) is 0 Å². The Labute approximate surface area is 172 Å². The molecule has 152 valence electrons. The van der Waals surface area contributed by atoms with Crippen molar-refractivity contribution < 1.29 is 9.90 Å². The second kappa shape index (κ2) is 7.38. The molecule has 1 atom stereocenters.